The van der Waals surface area contributed by atoms with E-state index in [4.69, 9.17) is 15.2 Å². The van der Waals surface area contributed by atoms with E-state index in [1.807, 2.05) is 18.2 Å². The first kappa shape index (κ1) is 15.5. The van der Waals surface area contributed by atoms with Gasteiger partial charge in [-0.15, -0.1) is 0 Å². The molecule has 4 heteroatoms. The highest BCUT2D eigenvalue weighted by Gasteiger charge is 2.20. The first-order chi connectivity index (χ1) is 8.39. The third-order valence-electron chi connectivity index (χ3n) is 3.20. The van der Waals surface area contributed by atoms with Crippen LogP contribution in [0.5, 0.6) is 5.75 Å². The van der Waals surface area contributed by atoms with Gasteiger partial charge in [0.1, 0.15) is 5.75 Å². The van der Waals surface area contributed by atoms with Crippen molar-refractivity contribution in [3.63, 3.8) is 0 Å². The summed E-state index contributed by atoms with van der Waals surface area (Å²) >= 11 is 3.43. The van der Waals surface area contributed by atoms with Gasteiger partial charge in [-0.25, -0.2) is 0 Å². The Labute approximate surface area is 118 Å². The summed E-state index contributed by atoms with van der Waals surface area (Å²) in [6.07, 6.45) is 1.77. The average Bonchev–Trinajstić information content (AvgIpc) is 2.36. The van der Waals surface area contributed by atoms with Crippen molar-refractivity contribution in [3.8, 4) is 5.75 Å². The predicted octanol–water partition coefficient (Wildman–Crippen LogP) is 3.66. The Kier molecular flexibility index (Phi) is 5.63. The lowest BCUT2D eigenvalue weighted by molar-refractivity contribution is 0.0124. The molecule has 1 aromatic rings. The van der Waals surface area contributed by atoms with Crippen molar-refractivity contribution in [1.29, 1.82) is 0 Å². The number of benzene rings is 1. The summed E-state index contributed by atoms with van der Waals surface area (Å²) in [5, 5.41) is 0. The second-order valence-corrected chi connectivity index (χ2v) is 5.91. The number of methoxy groups -OCH3 is 2. The fraction of sp³-hybridized carbons (Fsp3) is 0.571. The minimum absolute atomic E-state index is 0.0394. The molecule has 1 rings (SSSR count). The van der Waals surface area contributed by atoms with Crippen LogP contribution in [-0.4, -0.2) is 19.8 Å². The van der Waals surface area contributed by atoms with Gasteiger partial charge in [-0.2, -0.15) is 0 Å². The molecule has 0 amide bonds. The van der Waals surface area contributed by atoms with E-state index in [1.165, 1.54) is 0 Å². The van der Waals surface area contributed by atoms with Crippen molar-refractivity contribution >= 4 is 15.9 Å². The van der Waals surface area contributed by atoms with Gasteiger partial charge in [0.2, 0.25) is 0 Å². The van der Waals surface area contributed by atoms with E-state index in [-0.39, 0.29) is 11.6 Å². The van der Waals surface area contributed by atoms with Gasteiger partial charge in [0.15, 0.2) is 0 Å². The molecule has 0 heterocycles. The number of halogens is 1. The van der Waals surface area contributed by atoms with Crippen LogP contribution < -0.4 is 10.5 Å². The van der Waals surface area contributed by atoms with Crippen LogP contribution >= 0.6 is 15.9 Å². The van der Waals surface area contributed by atoms with E-state index >= 15 is 0 Å². The monoisotopic (exact) mass is 315 g/mol. The molecule has 0 aliphatic heterocycles. The standard InChI is InChI=1S/C14H22BrNO2/c1-14(2,18-4)8-7-12(16)11-6-5-10(15)9-13(11)17-3/h5-6,9,12H,7-8,16H2,1-4H3. The molecule has 0 aliphatic rings. The molecule has 0 fully saturated rings. The molecule has 0 radical (unpaired) electrons. The van der Waals surface area contributed by atoms with Gasteiger partial charge in [0.05, 0.1) is 12.7 Å². The van der Waals surface area contributed by atoms with Gasteiger partial charge in [0.25, 0.3) is 0 Å². The summed E-state index contributed by atoms with van der Waals surface area (Å²) in [5.74, 6) is 0.826. The Morgan fingerprint density at radius 3 is 2.56 bits per heavy atom. The maximum Gasteiger partial charge on any atom is 0.124 e. The zero-order chi connectivity index (χ0) is 13.8. The predicted molar refractivity (Wildman–Crippen MR) is 77.9 cm³/mol. The van der Waals surface area contributed by atoms with Gasteiger partial charge < -0.3 is 15.2 Å². The quantitative estimate of drug-likeness (QED) is 0.871. The minimum atomic E-state index is -0.139. The second-order valence-electron chi connectivity index (χ2n) is 5.00. The lowest BCUT2D eigenvalue weighted by atomic mass is 9.95. The molecule has 1 atom stereocenters. The maximum absolute atomic E-state index is 6.23. The molecule has 102 valence electrons. The number of hydrogen-bond donors (Lipinski definition) is 1. The topological polar surface area (TPSA) is 44.5 Å². The third kappa shape index (κ3) is 4.26. The summed E-state index contributed by atoms with van der Waals surface area (Å²) < 4.78 is 11.8. The lowest BCUT2D eigenvalue weighted by Gasteiger charge is -2.25. The van der Waals surface area contributed by atoms with E-state index < -0.39 is 0 Å². The van der Waals surface area contributed by atoms with Gasteiger partial charge in [-0.05, 0) is 38.8 Å². The van der Waals surface area contributed by atoms with E-state index in [2.05, 4.69) is 29.8 Å². The summed E-state index contributed by atoms with van der Waals surface area (Å²) in [4.78, 5) is 0. The fourth-order valence-electron chi connectivity index (χ4n) is 1.75. The lowest BCUT2D eigenvalue weighted by Crippen LogP contribution is -2.24. The molecule has 18 heavy (non-hydrogen) atoms. The maximum atomic E-state index is 6.23. The van der Waals surface area contributed by atoms with Crippen molar-refractivity contribution in [3.05, 3.63) is 28.2 Å². The average molecular weight is 316 g/mol. The summed E-state index contributed by atoms with van der Waals surface area (Å²) in [7, 11) is 3.39. The van der Waals surface area contributed by atoms with Gasteiger partial charge >= 0.3 is 0 Å². The highest BCUT2D eigenvalue weighted by Crippen LogP contribution is 2.31. The van der Waals surface area contributed by atoms with E-state index in [1.54, 1.807) is 14.2 Å². The molecule has 0 saturated carbocycles. The van der Waals surface area contributed by atoms with Crippen molar-refractivity contribution < 1.29 is 9.47 Å². The van der Waals surface area contributed by atoms with Crippen LogP contribution in [-0.2, 0) is 4.74 Å². The third-order valence-corrected chi connectivity index (χ3v) is 3.70. The molecule has 0 aromatic heterocycles. The Balaban J connectivity index is 2.75. The van der Waals surface area contributed by atoms with Crippen LogP contribution in [0.2, 0.25) is 0 Å². The van der Waals surface area contributed by atoms with E-state index in [0.29, 0.717) is 0 Å². The van der Waals surface area contributed by atoms with Crippen molar-refractivity contribution in [2.75, 3.05) is 14.2 Å². The molecule has 0 spiro atoms. The summed E-state index contributed by atoms with van der Waals surface area (Å²) in [6.45, 7) is 4.14. The molecule has 2 N–H and O–H groups in total. The Morgan fingerprint density at radius 2 is 2.00 bits per heavy atom. The van der Waals surface area contributed by atoms with Crippen LogP contribution in [0, 0.1) is 0 Å². The Hall–Kier alpha value is -0.580. The van der Waals surface area contributed by atoms with Crippen molar-refractivity contribution in [2.24, 2.45) is 5.73 Å². The van der Waals surface area contributed by atoms with Crippen LogP contribution in [0.4, 0.5) is 0 Å². The highest BCUT2D eigenvalue weighted by atomic mass is 79.9. The first-order valence-electron chi connectivity index (χ1n) is 6.04. The van der Waals surface area contributed by atoms with E-state index in [0.717, 1.165) is 28.6 Å². The van der Waals surface area contributed by atoms with Crippen LogP contribution in [0.25, 0.3) is 0 Å². The number of rotatable bonds is 6. The van der Waals surface area contributed by atoms with Crippen LogP contribution in [0.1, 0.15) is 38.3 Å². The zero-order valence-electron chi connectivity index (χ0n) is 11.5. The zero-order valence-corrected chi connectivity index (χ0v) is 13.1. The van der Waals surface area contributed by atoms with Gasteiger partial charge in [-0.1, -0.05) is 22.0 Å². The Bertz CT molecular complexity index is 393. The van der Waals surface area contributed by atoms with Crippen molar-refractivity contribution in [1.82, 2.24) is 0 Å². The highest BCUT2D eigenvalue weighted by molar-refractivity contribution is 9.10. The SMILES string of the molecule is COc1cc(Br)ccc1C(N)CCC(C)(C)OC. The summed E-state index contributed by atoms with van der Waals surface area (Å²) in [5.41, 5.74) is 7.13. The molecule has 1 unspecified atom stereocenters. The Morgan fingerprint density at radius 1 is 1.33 bits per heavy atom. The first-order valence-corrected chi connectivity index (χ1v) is 6.83. The minimum Gasteiger partial charge on any atom is -0.496 e. The molecule has 0 aliphatic carbocycles. The molecular weight excluding hydrogens is 294 g/mol. The number of nitrogens with two attached hydrogens (primary N) is 1. The van der Waals surface area contributed by atoms with Crippen LogP contribution in [0.3, 0.4) is 0 Å². The number of ether oxygens (including phenoxy) is 2. The van der Waals surface area contributed by atoms with Gasteiger partial charge in [-0.3, -0.25) is 0 Å². The molecule has 3 nitrogen and oxygen atoms in total. The normalized spacial score (nSPS) is 13.4. The molecule has 0 saturated heterocycles. The molecular formula is C14H22BrNO2. The summed E-state index contributed by atoms with van der Waals surface area (Å²) in [6, 6.07) is 5.89. The number of hydrogen-bond acceptors (Lipinski definition) is 3. The van der Waals surface area contributed by atoms with Crippen LogP contribution in [0.15, 0.2) is 22.7 Å². The molecule has 0 bridgehead atoms. The molecule has 1 aromatic carbocycles. The largest absolute Gasteiger partial charge is 0.496 e. The van der Waals surface area contributed by atoms with Gasteiger partial charge in [0, 0.05) is 23.2 Å². The smallest absolute Gasteiger partial charge is 0.124 e. The fourth-order valence-corrected chi connectivity index (χ4v) is 2.09. The van der Waals surface area contributed by atoms with E-state index in [9.17, 15) is 0 Å². The second kappa shape index (κ2) is 6.55. The van der Waals surface area contributed by atoms with Crippen molar-refractivity contribution in [2.45, 2.75) is 38.3 Å².